The molecule has 0 radical (unpaired) electrons. The summed E-state index contributed by atoms with van der Waals surface area (Å²) in [6.45, 7) is 3.47. The van der Waals surface area contributed by atoms with Crippen molar-refractivity contribution in [2.45, 2.75) is 20.0 Å². The van der Waals surface area contributed by atoms with Gasteiger partial charge in [-0.25, -0.2) is 9.97 Å². The summed E-state index contributed by atoms with van der Waals surface area (Å²) in [6.07, 6.45) is 1.05. The predicted molar refractivity (Wildman–Crippen MR) is 79.8 cm³/mol. The topological polar surface area (TPSA) is 47.0 Å². The largest absolute Gasteiger partial charge is 0.378 e. The smallest absolute Gasteiger partial charge is 0.171 e. The van der Waals surface area contributed by atoms with Gasteiger partial charge in [0, 0.05) is 19.7 Å². The molecule has 0 fully saturated rings. The van der Waals surface area contributed by atoms with Gasteiger partial charge in [-0.2, -0.15) is 0 Å². The van der Waals surface area contributed by atoms with Crippen molar-refractivity contribution in [3.05, 3.63) is 28.2 Å². The van der Waals surface area contributed by atoms with Crippen molar-refractivity contribution in [2.24, 2.45) is 0 Å². The molecule has 102 valence electrons. The minimum Gasteiger partial charge on any atom is -0.378 e. The number of hydrogen-bond acceptors (Lipinski definition) is 5. The van der Waals surface area contributed by atoms with Crippen LogP contribution in [0.2, 0.25) is 4.34 Å². The van der Waals surface area contributed by atoms with Crippen molar-refractivity contribution in [1.82, 2.24) is 9.97 Å². The lowest BCUT2D eigenvalue weighted by atomic mass is 10.3. The lowest BCUT2D eigenvalue weighted by Gasteiger charge is -2.08. The van der Waals surface area contributed by atoms with Gasteiger partial charge in [-0.1, -0.05) is 18.5 Å². The molecular formula is C13H16ClN3OS. The maximum atomic E-state index is 5.96. The zero-order valence-corrected chi connectivity index (χ0v) is 12.5. The molecular weight excluding hydrogens is 282 g/mol. The third-order valence-electron chi connectivity index (χ3n) is 2.42. The first-order valence-corrected chi connectivity index (χ1v) is 7.29. The summed E-state index contributed by atoms with van der Waals surface area (Å²) in [7, 11) is 1.66. The van der Waals surface area contributed by atoms with Gasteiger partial charge in [-0.05, 0) is 18.6 Å². The Morgan fingerprint density at radius 3 is 2.84 bits per heavy atom. The van der Waals surface area contributed by atoms with Gasteiger partial charge in [-0.3, -0.25) is 0 Å². The second-order valence-corrected chi connectivity index (χ2v) is 5.75. The Balaban J connectivity index is 2.33. The highest BCUT2D eigenvalue weighted by atomic mass is 35.5. The van der Waals surface area contributed by atoms with E-state index in [1.165, 1.54) is 11.3 Å². The number of aromatic nitrogens is 2. The summed E-state index contributed by atoms with van der Waals surface area (Å²) >= 11 is 7.43. The molecule has 1 N–H and O–H groups in total. The van der Waals surface area contributed by atoms with Crippen molar-refractivity contribution in [2.75, 3.05) is 19.0 Å². The summed E-state index contributed by atoms with van der Waals surface area (Å²) in [6, 6.07) is 5.70. The molecule has 0 bridgehead atoms. The molecule has 2 aromatic rings. The Bertz CT molecular complexity index is 544. The summed E-state index contributed by atoms with van der Waals surface area (Å²) < 4.78 is 5.88. The van der Waals surface area contributed by atoms with Crippen LogP contribution in [0.25, 0.3) is 10.7 Å². The van der Waals surface area contributed by atoms with Crippen molar-refractivity contribution < 1.29 is 4.74 Å². The van der Waals surface area contributed by atoms with E-state index in [4.69, 9.17) is 16.3 Å². The normalized spacial score (nSPS) is 10.7. The van der Waals surface area contributed by atoms with E-state index in [1.54, 1.807) is 7.11 Å². The third-order valence-corrected chi connectivity index (χ3v) is 3.65. The van der Waals surface area contributed by atoms with E-state index < -0.39 is 0 Å². The highest BCUT2D eigenvalue weighted by Gasteiger charge is 2.09. The van der Waals surface area contributed by atoms with E-state index in [2.05, 4.69) is 22.2 Å². The molecule has 0 aliphatic rings. The fraction of sp³-hybridized carbons (Fsp3) is 0.385. The quantitative estimate of drug-likeness (QED) is 0.880. The molecule has 19 heavy (non-hydrogen) atoms. The summed E-state index contributed by atoms with van der Waals surface area (Å²) in [5, 5.41) is 3.28. The Hall–Kier alpha value is -1.17. The highest BCUT2D eigenvalue weighted by molar-refractivity contribution is 7.19. The van der Waals surface area contributed by atoms with Crippen LogP contribution in [0.5, 0.6) is 0 Å². The number of anilines is 1. The van der Waals surface area contributed by atoms with E-state index in [9.17, 15) is 0 Å². The Morgan fingerprint density at radius 2 is 2.21 bits per heavy atom. The minimum atomic E-state index is 0.468. The molecule has 0 amide bonds. The molecule has 6 heteroatoms. The van der Waals surface area contributed by atoms with Gasteiger partial charge in [0.25, 0.3) is 0 Å². The molecule has 0 saturated carbocycles. The minimum absolute atomic E-state index is 0.468. The van der Waals surface area contributed by atoms with Crippen LogP contribution in [-0.2, 0) is 11.3 Å². The fourth-order valence-electron chi connectivity index (χ4n) is 1.61. The second-order valence-electron chi connectivity index (χ2n) is 4.03. The molecule has 2 aromatic heterocycles. The SMILES string of the molecule is CCCNc1cc(COC)nc(-c2ccc(Cl)s2)n1. The first kappa shape index (κ1) is 14.2. The van der Waals surface area contributed by atoms with Crippen LogP contribution in [-0.4, -0.2) is 23.6 Å². The number of rotatable bonds is 6. The van der Waals surface area contributed by atoms with Crippen LogP contribution >= 0.6 is 22.9 Å². The first-order valence-electron chi connectivity index (χ1n) is 6.09. The zero-order valence-electron chi connectivity index (χ0n) is 10.9. The maximum Gasteiger partial charge on any atom is 0.171 e. The fourth-order valence-corrected chi connectivity index (χ4v) is 2.58. The average molecular weight is 298 g/mol. The van der Waals surface area contributed by atoms with Crippen LogP contribution in [0.15, 0.2) is 18.2 Å². The molecule has 0 saturated heterocycles. The Labute approximate surface area is 121 Å². The monoisotopic (exact) mass is 297 g/mol. The van der Waals surface area contributed by atoms with E-state index in [0.717, 1.165) is 33.7 Å². The standard InChI is InChI=1S/C13H16ClN3OS/c1-3-6-15-12-7-9(8-18-2)16-13(17-12)10-4-5-11(14)19-10/h4-5,7H,3,6,8H2,1-2H3,(H,15,16,17). The molecule has 0 aliphatic heterocycles. The molecule has 2 heterocycles. The molecule has 0 aromatic carbocycles. The van der Waals surface area contributed by atoms with Crippen LogP contribution in [0, 0.1) is 0 Å². The summed E-state index contributed by atoms with van der Waals surface area (Å²) in [5.74, 6) is 1.51. The number of halogens is 1. The summed E-state index contributed by atoms with van der Waals surface area (Å²) in [5.41, 5.74) is 0.857. The van der Waals surface area contributed by atoms with E-state index >= 15 is 0 Å². The van der Waals surface area contributed by atoms with Gasteiger partial charge < -0.3 is 10.1 Å². The molecule has 0 aliphatic carbocycles. The van der Waals surface area contributed by atoms with Crippen LogP contribution < -0.4 is 5.32 Å². The van der Waals surface area contributed by atoms with Crippen LogP contribution in [0.4, 0.5) is 5.82 Å². The zero-order chi connectivity index (χ0) is 13.7. The van der Waals surface area contributed by atoms with E-state index in [-0.39, 0.29) is 0 Å². The number of nitrogens with zero attached hydrogens (tertiary/aromatic N) is 2. The third kappa shape index (κ3) is 3.89. The van der Waals surface area contributed by atoms with Crippen molar-refractivity contribution in [1.29, 1.82) is 0 Å². The van der Waals surface area contributed by atoms with Crippen LogP contribution in [0.3, 0.4) is 0 Å². The van der Waals surface area contributed by atoms with Crippen molar-refractivity contribution in [3.8, 4) is 10.7 Å². The van der Waals surface area contributed by atoms with E-state index in [1.807, 2.05) is 18.2 Å². The highest BCUT2D eigenvalue weighted by Crippen LogP contribution is 2.29. The second kappa shape index (κ2) is 6.84. The predicted octanol–water partition coefficient (Wildman–Crippen LogP) is 3.83. The molecule has 0 spiro atoms. The molecule has 0 unspecified atom stereocenters. The average Bonchev–Trinajstić information content (AvgIpc) is 2.83. The van der Waals surface area contributed by atoms with Crippen LogP contribution in [0.1, 0.15) is 19.0 Å². The molecule has 4 nitrogen and oxygen atoms in total. The molecule has 2 rings (SSSR count). The van der Waals surface area contributed by atoms with Gasteiger partial charge >= 0.3 is 0 Å². The number of nitrogens with one attached hydrogen (secondary N) is 1. The van der Waals surface area contributed by atoms with Gasteiger partial charge in [0.05, 0.1) is 21.5 Å². The van der Waals surface area contributed by atoms with E-state index in [0.29, 0.717) is 12.4 Å². The Morgan fingerprint density at radius 1 is 1.37 bits per heavy atom. The number of ether oxygens (including phenoxy) is 1. The lowest BCUT2D eigenvalue weighted by molar-refractivity contribution is 0.181. The van der Waals surface area contributed by atoms with Gasteiger partial charge in [-0.15, -0.1) is 11.3 Å². The number of hydrogen-bond donors (Lipinski definition) is 1. The Kier molecular flexibility index (Phi) is 5.13. The molecule has 0 atom stereocenters. The van der Waals surface area contributed by atoms with Gasteiger partial charge in [0.15, 0.2) is 5.82 Å². The number of thiophene rings is 1. The summed E-state index contributed by atoms with van der Waals surface area (Å²) in [4.78, 5) is 9.96. The van der Waals surface area contributed by atoms with Gasteiger partial charge in [0.2, 0.25) is 0 Å². The van der Waals surface area contributed by atoms with Gasteiger partial charge in [0.1, 0.15) is 5.82 Å². The van der Waals surface area contributed by atoms with Crippen molar-refractivity contribution in [3.63, 3.8) is 0 Å². The maximum absolute atomic E-state index is 5.96. The first-order chi connectivity index (χ1) is 9.22. The van der Waals surface area contributed by atoms with Crippen molar-refractivity contribution >= 4 is 28.8 Å². The number of methoxy groups -OCH3 is 1. The lowest BCUT2D eigenvalue weighted by Crippen LogP contribution is -2.05.